The third-order valence-corrected chi connectivity index (χ3v) is 5.84. The molecular formula is C25H27N3O3. The first-order chi connectivity index (χ1) is 14.8. The Morgan fingerprint density at radius 1 is 1.16 bits per heavy atom. The molecule has 0 unspecified atom stereocenters. The molecular weight excluding hydrogens is 390 g/mol. The Morgan fingerprint density at radius 3 is 2.61 bits per heavy atom. The minimum Gasteiger partial charge on any atom is -0.496 e. The van der Waals surface area contributed by atoms with Gasteiger partial charge in [0, 0.05) is 40.7 Å². The molecule has 1 aliphatic heterocycles. The lowest BCUT2D eigenvalue weighted by Gasteiger charge is -2.39. The largest absolute Gasteiger partial charge is 0.496 e. The summed E-state index contributed by atoms with van der Waals surface area (Å²) in [5.74, 6) is 0.367. The molecule has 0 bridgehead atoms. The van der Waals surface area contributed by atoms with Gasteiger partial charge in [-0.1, -0.05) is 38.1 Å². The second-order valence-corrected chi connectivity index (χ2v) is 8.84. The Balaban J connectivity index is 1.85. The van der Waals surface area contributed by atoms with Crippen molar-refractivity contribution in [2.75, 3.05) is 12.4 Å². The van der Waals surface area contributed by atoms with Crippen LogP contribution in [0.3, 0.4) is 0 Å². The van der Waals surface area contributed by atoms with E-state index in [-0.39, 0.29) is 17.1 Å². The molecule has 1 aromatic heterocycles. The van der Waals surface area contributed by atoms with Crippen molar-refractivity contribution >= 4 is 17.5 Å². The highest BCUT2D eigenvalue weighted by atomic mass is 16.5. The number of hydrogen-bond donors (Lipinski definition) is 2. The van der Waals surface area contributed by atoms with E-state index in [1.165, 1.54) is 0 Å². The fourth-order valence-corrected chi connectivity index (χ4v) is 4.57. The van der Waals surface area contributed by atoms with E-state index in [9.17, 15) is 9.59 Å². The van der Waals surface area contributed by atoms with Crippen molar-refractivity contribution in [3.05, 3.63) is 76.8 Å². The number of hydrogen-bond acceptors (Lipinski definition) is 5. The van der Waals surface area contributed by atoms with Gasteiger partial charge in [-0.25, -0.2) is 4.98 Å². The van der Waals surface area contributed by atoms with Crippen molar-refractivity contribution in [2.24, 2.45) is 5.41 Å². The van der Waals surface area contributed by atoms with Crippen LogP contribution in [0.5, 0.6) is 5.75 Å². The third-order valence-electron chi connectivity index (χ3n) is 5.84. The fourth-order valence-electron chi connectivity index (χ4n) is 4.57. The first-order valence-electron chi connectivity index (χ1n) is 10.4. The van der Waals surface area contributed by atoms with Crippen molar-refractivity contribution in [3.8, 4) is 5.75 Å². The molecule has 1 aromatic carbocycles. The van der Waals surface area contributed by atoms with Crippen molar-refractivity contribution in [2.45, 2.75) is 39.5 Å². The number of dihydropyridines is 1. The minimum atomic E-state index is -0.514. The van der Waals surface area contributed by atoms with Gasteiger partial charge in [0.2, 0.25) is 0 Å². The second-order valence-electron chi connectivity index (χ2n) is 8.84. The first-order valence-corrected chi connectivity index (χ1v) is 10.4. The van der Waals surface area contributed by atoms with Crippen LogP contribution in [-0.4, -0.2) is 23.8 Å². The maximum Gasteiger partial charge on any atom is 0.255 e. The summed E-state index contributed by atoms with van der Waals surface area (Å²) < 4.78 is 5.62. The van der Waals surface area contributed by atoms with Gasteiger partial charge in [0.1, 0.15) is 11.6 Å². The number of benzene rings is 1. The Bertz CT molecular complexity index is 1100. The number of methoxy groups -OCH3 is 1. The molecule has 0 radical (unpaired) electrons. The van der Waals surface area contributed by atoms with Crippen molar-refractivity contribution in [1.29, 1.82) is 0 Å². The molecule has 6 nitrogen and oxygen atoms in total. The van der Waals surface area contributed by atoms with Crippen LogP contribution in [0.2, 0.25) is 0 Å². The molecule has 1 amide bonds. The normalized spacial score (nSPS) is 20.1. The average Bonchev–Trinajstić information content (AvgIpc) is 2.72. The number of para-hydroxylation sites is 1. The topological polar surface area (TPSA) is 80.3 Å². The van der Waals surface area contributed by atoms with Crippen LogP contribution in [0, 0.1) is 5.41 Å². The van der Waals surface area contributed by atoms with Crippen molar-refractivity contribution in [3.63, 3.8) is 0 Å². The number of carbonyl (C=O) groups is 2. The predicted molar refractivity (Wildman–Crippen MR) is 119 cm³/mol. The predicted octanol–water partition coefficient (Wildman–Crippen LogP) is 4.33. The summed E-state index contributed by atoms with van der Waals surface area (Å²) in [5.41, 5.74) is 3.44. The zero-order chi connectivity index (χ0) is 22.2. The van der Waals surface area contributed by atoms with Crippen molar-refractivity contribution in [1.82, 2.24) is 10.3 Å². The average molecular weight is 418 g/mol. The second kappa shape index (κ2) is 8.02. The number of amides is 1. The summed E-state index contributed by atoms with van der Waals surface area (Å²) in [6.07, 6.45) is 2.81. The van der Waals surface area contributed by atoms with Gasteiger partial charge in [0.15, 0.2) is 5.78 Å². The van der Waals surface area contributed by atoms with Crippen LogP contribution < -0.4 is 15.4 Å². The number of rotatable bonds is 4. The lowest BCUT2D eigenvalue weighted by atomic mass is 9.68. The molecule has 6 heteroatoms. The summed E-state index contributed by atoms with van der Waals surface area (Å²) in [7, 11) is 1.60. The maximum atomic E-state index is 13.4. The van der Waals surface area contributed by atoms with Crippen LogP contribution >= 0.6 is 0 Å². The number of allylic oxidation sites excluding steroid dienone is 3. The third kappa shape index (κ3) is 3.98. The quantitative estimate of drug-likeness (QED) is 0.774. The molecule has 31 heavy (non-hydrogen) atoms. The van der Waals surface area contributed by atoms with Gasteiger partial charge < -0.3 is 15.4 Å². The summed E-state index contributed by atoms with van der Waals surface area (Å²) in [6, 6.07) is 12.9. The fraction of sp³-hybridized carbons (Fsp3) is 0.320. The van der Waals surface area contributed by atoms with Crippen LogP contribution in [0.25, 0.3) is 0 Å². The van der Waals surface area contributed by atoms with E-state index in [4.69, 9.17) is 4.74 Å². The molecule has 2 aromatic rings. The number of pyridine rings is 1. The van der Waals surface area contributed by atoms with E-state index >= 15 is 0 Å². The summed E-state index contributed by atoms with van der Waals surface area (Å²) in [6.45, 7) is 6.07. The lowest BCUT2D eigenvalue weighted by Crippen LogP contribution is -2.39. The summed E-state index contributed by atoms with van der Waals surface area (Å²) >= 11 is 0. The van der Waals surface area contributed by atoms with E-state index < -0.39 is 5.92 Å². The molecule has 4 rings (SSSR count). The van der Waals surface area contributed by atoms with Crippen LogP contribution in [-0.2, 0) is 9.59 Å². The zero-order valence-electron chi connectivity index (χ0n) is 18.3. The number of carbonyl (C=O) groups excluding carboxylic acids is 2. The number of ether oxygens (including phenoxy) is 1. The molecule has 1 aliphatic carbocycles. The van der Waals surface area contributed by atoms with E-state index in [1.807, 2.05) is 37.3 Å². The van der Waals surface area contributed by atoms with E-state index in [1.54, 1.807) is 25.4 Å². The van der Waals surface area contributed by atoms with E-state index in [0.717, 1.165) is 23.4 Å². The number of anilines is 1. The number of aromatic nitrogens is 1. The Hall–Kier alpha value is -3.41. The molecule has 2 heterocycles. The number of ketones is 1. The highest BCUT2D eigenvalue weighted by Gasteiger charge is 2.43. The molecule has 0 saturated heterocycles. The van der Waals surface area contributed by atoms with Gasteiger partial charge in [-0.15, -0.1) is 0 Å². The number of nitrogens with zero attached hydrogens (tertiary/aromatic N) is 1. The molecule has 0 spiro atoms. The highest BCUT2D eigenvalue weighted by molar-refractivity contribution is 6.09. The Labute approximate surface area is 182 Å². The maximum absolute atomic E-state index is 13.4. The first kappa shape index (κ1) is 20.8. The van der Waals surface area contributed by atoms with Gasteiger partial charge in [-0.05, 0) is 37.0 Å². The molecule has 160 valence electrons. The molecule has 0 fully saturated rings. The van der Waals surface area contributed by atoms with Gasteiger partial charge >= 0.3 is 0 Å². The lowest BCUT2D eigenvalue weighted by molar-refractivity contribution is -0.118. The summed E-state index contributed by atoms with van der Waals surface area (Å²) in [5, 5.41) is 6.26. The molecule has 2 aliphatic rings. The Kier molecular flexibility index (Phi) is 5.39. The number of nitrogens with one attached hydrogen (secondary N) is 2. The van der Waals surface area contributed by atoms with Crippen LogP contribution in [0.4, 0.5) is 5.82 Å². The standard InChI is InChI=1S/C25H27N3O3/c1-15-21(24(30)28-20-11-7-8-12-26-20)22(16-9-5-6-10-19(16)31-4)23-17(27-15)13-25(2,3)14-18(23)29/h5-12,22,27H,13-14H2,1-4H3,(H,26,28,30)/t22-/m1/s1. The van der Waals surface area contributed by atoms with Gasteiger partial charge in [0.25, 0.3) is 5.91 Å². The smallest absolute Gasteiger partial charge is 0.255 e. The summed E-state index contributed by atoms with van der Waals surface area (Å²) in [4.78, 5) is 31.0. The molecule has 1 atom stereocenters. The van der Waals surface area contributed by atoms with Crippen LogP contribution in [0.15, 0.2) is 71.2 Å². The SMILES string of the molecule is COc1ccccc1[C@@H]1C(C(=O)Nc2ccccn2)=C(C)NC2=C1C(=O)CC(C)(C)C2. The number of Topliss-reactive ketones (excluding diaryl/α,β-unsaturated/α-hetero) is 1. The molecule has 2 N–H and O–H groups in total. The van der Waals surface area contributed by atoms with Crippen LogP contribution in [0.1, 0.15) is 45.1 Å². The molecule has 0 saturated carbocycles. The van der Waals surface area contributed by atoms with E-state index in [2.05, 4.69) is 29.5 Å². The Morgan fingerprint density at radius 2 is 1.90 bits per heavy atom. The van der Waals surface area contributed by atoms with Gasteiger partial charge in [-0.2, -0.15) is 0 Å². The van der Waals surface area contributed by atoms with Gasteiger partial charge in [0.05, 0.1) is 13.0 Å². The van der Waals surface area contributed by atoms with E-state index in [0.29, 0.717) is 29.1 Å². The van der Waals surface area contributed by atoms with Crippen molar-refractivity contribution < 1.29 is 14.3 Å². The van der Waals surface area contributed by atoms with Gasteiger partial charge in [-0.3, -0.25) is 9.59 Å². The zero-order valence-corrected chi connectivity index (χ0v) is 18.3. The monoisotopic (exact) mass is 417 g/mol. The highest BCUT2D eigenvalue weighted by Crippen LogP contribution is 2.48. The minimum absolute atomic E-state index is 0.0605.